The van der Waals surface area contributed by atoms with E-state index in [2.05, 4.69) is 59.1 Å². The van der Waals surface area contributed by atoms with Crippen LogP contribution in [0.1, 0.15) is 57.7 Å². The number of nitrogens with zero attached hydrogens (tertiary/aromatic N) is 7. The molecule has 0 fully saturated rings. The van der Waals surface area contributed by atoms with Crippen LogP contribution in [0.15, 0.2) is 42.6 Å². The van der Waals surface area contributed by atoms with E-state index in [0.29, 0.717) is 12.2 Å². The van der Waals surface area contributed by atoms with Crippen molar-refractivity contribution in [3.63, 3.8) is 0 Å². The first-order chi connectivity index (χ1) is 15.0. The summed E-state index contributed by atoms with van der Waals surface area (Å²) < 4.78 is 2.06. The maximum atomic E-state index is 4.86. The normalized spacial score (nSPS) is 11.7. The van der Waals surface area contributed by atoms with Crippen molar-refractivity contribution in [1.29, 1.82) is 0 Å². The van der Waals surface area contributed by atoms with E-state index in [0.717, 1.165) is 53.4 Å². The van der Waals surface area contributed by atoms with E-state index in [1.807, 2.05) is 36.5 Å². The monoisotopic (exact) mass is 416 g/mol. The highest BCUT2D eigenvalue weighted by atomic mass is 15.5. The lowest BCUT2D eigenvalue weighted by Gasteiger charge is -2.12. The lowest BCUT2D eigenvalue weighted by molar-refractivity contribution is 0.509. The first-order valence-corrected chi connectivity index (χ1v) is 10.7. The van der Waals surface area contributed by atoms with Crippen molar-refractivity contribution >= 4 is 0 Å². The van der Waals surface area contributed by atoms with E-state index < -0.39 is 0 Å². The number of benzene rings is 1. The fourth-order valence-corrected chi connectivity index (χ4v) is 3.36. The summed E-state index contributed by atoms with van der Waals surface area (Å²) in [5.74, 6) is 2.43. The lowest BCUT2D eigenvalue weighted by atomic mass is 9.96. The van der Waals surface area contributed by atoms with Crippen LogP contribution < -0.4 is 0 Å². The molecular formula is C23H28N8. The minimum Gasteiger partial charge on any atom is -0.256 e. The first-order valence-electron chi connectivity index (χ1n) is 10.7. The SMILES string of the molecule is CCCCn1nc(C(C)(C)C)nc1Cc1ccc(-c2ccccc2-c2nn[nH]n2)nc1. The van der Waals surface area contributed by atoms with Crippen molar-refractivity contribution in [2.75, 3.05) is 0 Å². The minimum absolute atomic E-state index is 0.0762. The predicted molar refractivity (Wildman–Crippen MR) is 119 cm³/mol. The van der Waals surface area contributed by atoms with Crippen molar-refractivity contribution in [1.82, 2.24) is 40.4 Å². The molecule has 0 saturated carbocycles. The standard InChI is InChI=1S/C23H28N8/c1-5-6-13-31-20(25-22(28-31)23(2,3)4)14-16-11-12-19(24-15-16)17-9-7-8-10-18(17)21-26-29-30-27-21/h7-12,15H,5-6,13-14H2,1-4H3,(H,26,27,29,30). The largest absolute Gasteiger partial charge is 0.256 e. The average molecular weight is 417 g/mol. The molecule has 0 spiro atoms. The fraction of sp³-hybridized carbons (Fsp3) is 0.391. The predicted octanol–water partition coefficient (Wildman–Crippen LogP) is 4.21. The molecule has 160 valence electrons. The number of unbranched alkanes of at least 4 members (excludes halogenated alkanes) is 1. The van der Waals surface area contributed by atoms with Crippen LogP contribution in [0.5, 0.6) is 0 Å². The van der Waals surface area contributed by atoms with Crippen molar-refractivity contribution in [2.45, 2.75) is 58.9 Å². The lowest BCUT2D eigenvalue weighted by Crippen LogP contribution is -2.14. The molecule has 0 aliphatic heterocycles. The Kier molecular flexibility index (Phi) is 5.88. The Morgan fingerprint density at radius 1 is 1.03 bits per heavy atom. The molecule has 3 heterocycles. The average Bonchev–Trinajstić information content (AvgIpc) is 3.43. The second kappa shape index (κ2) is 8.75. The second-order valence-corrected chi connectivity index (χ2v) is 8.69. The molecule has 4 rings (SSSR count). The van der Waals surface area contributed by atoms with E-state index in [9.17, 15) is 0 Å². The maximum Gasteiger partial charge on any atom is 0.205 e. The highest BCUT2D eigenvalue weighted by molar-refractivity contribution is 5.78. The number of nitrogens with one attached hydrogen (secondary N) is 1. The molecule has 8 heteroatoms. The molecule has 4 aromatic rings. The molecule has 3 aromatic heterocycles. The molecule has 0 radical (unpaired) electrons. The van der Waals surface area contributed by atoms with Gasteiger partial charge in [-0.25, -0.2) is 9.67 Å². The van der Waals surface area contributed by atoms with Gasteiger partial charge in [0.15, 0.2) is 5.82 Å². The molecule has 31 heavy (non-hydrogen) atoms. The highest BCUT2D eigenvalue weighted by Gasteiger charge is 2.22. The van der Waals surface area contributed by atoms with Gasteiger partial charge in [-0.1, -0.05) is 64.4 Å². The van der Waals surface area contributed by atoms with Gasteiger partial charge in [-0.2, -0.15) is 10.3 Å². The van der Waals surface area contributed by atoms with Gasteiger partial charge in [-0.05, 0) is 23.3 Å². The molecule has 1 aromatic carbocycles. The Morgan fingerprint density at radius 2 is 1.84 bits per heavy atom. The van der Waals surface area contributed by atoms with Gasteiger partial charge in [0.05, 0.1) is 5.69 Å². The molecule has 0 aliphatic carbocycles. The Labute approximate surface area is 182 Å². The molecule has 1 N–H and O–H groups in total. The number of hydrogen-bond acceptors (Lipinski definition) is 6. The summed E-state index contributed by atoms with van der Waals surface area (Å²) in [7, 11) is 0. The third-order valence-corrected chi connectivity index (χ3v) is 5.12. The summed E-state index contributed by atoms with van der Waals surface area (Å²) in [6.07, 6.45) is 4.83. The summed E-state index contributed by atoms with van der Waals surface area (Å²) in [5, 5.41) is 19.2. The van der Waals surface area contributed by atoms with Crippen molar-refractivity contribution in [3.05, 3.63) is 59.8 Å². The van der Waals surface area contributed by atoms with Crippen LogP contribution in [0.25, 0.3) is 22.6 Å². The van der Waals surface area contributed by atoms with Crippen molar-refractivity contribution in [2.24, 2.45) is 0 Å². The van der Waals surface area contributed by atoms with Gasteiger partial charge >= 0.3 is 0 Å². The quantitative estimate of drug-likeness (QED) is 0.485. The molecule has 8 nitrogen and oxygen atoms in total. The Morgan fingerprint density at radius 3 is 2.48 bits per heavy atom. The van der Waals surface area contributed by atoms with E-state index in [4.69, 9.17) is 15.1 Å². The number of rotatable bonds is 7. The van der Waals surface area contributed by atoms with Gasteiger partial charge < -0.3 is 0 Å². The van der Waals surface area contributed by atoms with Crippen LogP contribution in [0.3, 0.4) is 0 Å². The Bertz CT molecular complexity index is 1120. The van der Waals surface area contributed by atoms with Crippen LogP contribution in [0.4, 0.5) is 0 Å². The molecule has 0 saturated heterocycles. The smallest absolute Gasteiger partial charge is 0.205 e. The molecule has 0 unspecified atom stereocenters. The zero-order valence-electron chi connectivity index (χ0n) is 18.5. The van der Waals surface area contributed by atoms with Gasteiger partial charge in [-0.15, -0.1) is 10.2 Å². The van der Waals surface area contributed by atoms with Crippen LogP contribution in [-0.2, 0) is 18.4 Å². The van der Waals surface area contributed by atoms with Gasteiger partial charge in [0.25, 0.3) is 0 Å². The summed E-state index contributed by atoms with van der Waals surface area (Å²) in [4.78, 5) is 9.57. The van der Waals surface area contributed by atoms with Gasteiger partial charge in [0.1, 0.15) is 5.82 Å². The minimum atomic E-state index is -0.0762. The molecule has 0 atom stereocenters. The summed E-state index contributed by atoms with van der Waals surface area (Å²) in [5.41, 5.74) is 3.76. The van der Waals surface area contributed by atoms with Crippen molar-refractivity contribution in [3.8, 4) is 22.6 Å². The van der Waals surface area contributed by atoms with E-state index >= 15 is 0 Å². The maximum absolute atomic E-state index is 4.86. The van der Waals surface area contributed by atoms with Gasteiger partial charge in [0, 0.05) is 35.7 Å². The van der Waals surface area contributed by atoms with E-state index in [1.54, 1.807) is 0 Å². The van der Waals surface area contributed by atoms with Gasteiger partial charge in [-0.3, -0.25) is 4.98 Å². The van der Waals surface area contributed by atoms with Crippen LogP contribution >= 0.6 is 0 Å². The van der Waals surface area contributed by atoms with Crippen LogP contribution in [0, 0.1) is 0 Å². The van der Waals surface area contributed by atoms with E-state index in [1.165, 1.54) is 0 Å². The first kappa shape index (κ1) is 20.8. The third kappa shape index (κ3) is 4.68. The Balaban J connectivity index is 1.60. The van der Waals surface area contributed by atoms with Gasteiger partial charge in [0.2, 0.25) is 5.82 Å². The van der Waals surface area contributed by atoms with Crippen LogP contribution in [-0.4, -0.2) is 40.4 Å². The molecule has 0 bridgehead atoms. The Hall–Kier alpha value is -3.42. The summed E-state index contributed by atoms with van der Waals surface area (Å²) >= 11 is 0. The number of aryl methyl sites for hydroxylation is 1. The van der Waals surface area contributed by atoms with Crippen molar-refractivity contribution < 1.29 is 0 Å². The molecule has 0 amide bonds. The molecular weight excluding hydrogens is 388 g/mol. The zero-order valence-corrected chi connectivity index (χ0v) is 18.5. The number of aromatic nitrogens is 8. The zero-order chi connectivity index (χ0) is 21.8. The third-order valence-electron chi connectivity index (χ3n) is 5.12. The fourth-order valence-electron chi connectivity index (χ4n) is 3.36. The second-order valence-electron chi connectivity index (χ2n) is 8.69. The number of tetrazole rings is 1. The highest BCUT2D eigenvalue weighted by Crippen LogP contribution is 2.28. The number of H-pyrrole nitrogens is 1. The topological polar surface area (TPSA) is 98.1 Å². The van der Waals surface area contributed by atoms with E-state index in [-0.39, 0.29) is 5.41 Å². The summed E-state index contributed by atoms with van der Waals surface area (Å²) in [6, 6.07) is 12.1. The van der Waals surface area contributed by atoms with Crippen LogP contribution in [0.2, 0.25) is 0 Å². The number of aromatic amines is 1. The molecule has 0 aliphatic rings. The summed E-state index contributed by atoms with van der Waals surface area (Å²) in [6.45, 7) is 9.52. The number of hydrogen-bond donors (Lipinski definition) is 1. The number of pyridine rings is 1.